The predicted octanol–water partition coefficient (Wildman–Crippen LogP) is 0.892. The van der Waals surface area contributed by atoms with Crippen LogP contribution in [-0.2, 0) is 11.3 Å². The Morgan fingerprint density at radius 2 is 2.00 bits per heavy atom. The van der Waals surface area contributed by atoms with Crippen molar-refractivity contribution >= 4 is 16.9 Å². The van der Waals surface area contributed by atoms with Gasteiger partial charge in [0.15, 0.2) is 11.6 Å². The summed E-state index contributed by atoms with van der Waals surface area (Å²) >= 11 is 0. The Kier molecular flexibility index (Phi) is 5.24. The van der Waals surface area contributed by atoms with E-state index in [9.17, 15) is 10.2 Å². The van der Waals surface area contributed by atoms with Crippen molar-refractivity contribution in [3.63, 3.8) is 0 Å². The molecule has 10 heteroatoms. The van der Waals surface area contributed by atoms with Gasteiger partial charge in [0, 0.05) is 31.0 Å². The summed E-state index contributed by atoms with van der Waals surface area (Å²) in [6.45, 7) is 3.21. The van der Waals surface area contributed by atoms with E-state index in [4.69, 9.17) is 14.7 Å². The van der Waals surface area contributed by atoms with Crippen LogP contribution in [0.25, 0.3) is 22.4 Å². The van der Waals surface area contributed by atoms with E-state index in [0.717, 1.165) is 41.1 Å². The molecule has 31 heavy (non-hydrogen) atoms. The molecular weight excluding hydrogens is 398 g/mol. The summed E-state index contributed by atoms with van der Waals surface area (Å²) in [4.78, 5) is 16.4. The van der Waals surface area contributed by atoms with Crippen molar-refractivity contribution in [2.75, 3.05) is 37.8 Å². The van der Waals surface area contributed by atoms with Gasteiger partial charge in [-0.1, -0.05) is 12.1 Å². The number of hydrogen-bond donors (Lipinski definition) is 4. The minimum atomic E-state index is -0.0666. The van der Waals surface area contributed by atoms with Gasteiger partial charge in [-0.2, -0.15) is 0 Å². The van der Waals surface area contributed by atoms with Crippen molar-refractivity contribution in [2.24, 2.45) is 0 Å². The third kappa shape index (κ3) is 4.08. The molecule has 2 aromatic heterocycles. The summed E-state index contributed by atoms with van der Waals surface area (Å²) in [7, 11) is 0. The van der Waals surface area contributed by atoms with E-state index >= 15 is 0 Å². The zero-order chi connectivity index (χ0) is 21.2. The Morgan fingerprint density at radius 1 is 1.13 bits per heavy atom. The van der Waals surface area contributed by atoms with Gasteiger partial charge >= 0.3 is 0 Å². The van der Waals surface area contributed by atoms with Crippen LogP contribution in [0.15, 0.2) is 48.4 Å². The van der Waals surface area contributed by atoms with Gasteiger partial charge in [-0.3, -0.25) is 9.99 Å². The second kappa shape index (κ2) is 8.34. The average molecular weight is 421 g/mol. The molecule has 3 aromatic rings. The quantitative estimate of drug-likeness (QED) is 0.473. The number of benzene rings is 1. The molecule has 4 N–H and O–H groups in total. The standard InChI is InChI=1S/C21H23N7O3/c29-13-16-12-28(26-25-16)11-14-8-18-19(22-10-14)21(27-4-6-31-7-5-27)24-20(23-18)15-2-1-3-17(30)9-15/h1-3,8-10,12,25-26,29-30H,4-7,11,13H2. The first-order valence-corrected chi connectivity index (χ1v) is 10.1. The van der Waals surface area contributed by atoms with E-state index in [1.54, 1.807) is 18.2 Å². The molecule has 0 aliphatic carbocycles. The van der Waals surface area contributed by atoms with Crippen LogP contribution in [0.3, 0.4) is 0 Å². The van der Waals surface area contributed by atoms with Gasteiger partial charge in [-0.25, -0.2) is 9.97 Å². The lowest BCUT2D eigenvalue weighted by atomic mass is 10.1. The molecule has 0 amide bonds. The third-order valence-electron chi connectivity index (χ3n) is 5.18. The number of aliphatic hydroxyl groups is 1. The number of rotatable bonds is 5. The molecule has 160 valence electrons. The molecule has 0 atom stereocenters. The van der Waals surface area contributed by atoms with Crippen LogP contribution >= 0.6 is 0 Å². The number of nitrogens with one attached hydrogen (secondary N) is 2. The minimum absolute atomic E-state index is 0.0666. The number of phenolic OH excluding ortho intramolecular Hbond substituents is 1. The van der Waals surface area contributed by atoms with Gasteiger partial charge in [0.2, 0.25) is 0 Å². The fourth-order valence-corrected chi connectivity index (χ4v) is 3.66. The highest BCUT2D eigenvalue weighted by Gasteiger charge is 2.20. The Bertz CT molecular complexity index is 1130. The molecule has 1 aromatic carbocycles. The summed E-state index contributed by atoms with van der Waals surface area (Å²) < 4.78 is 5.50. The van der Waals surface area contributed by atoms with E-state index in [0.29, 0.717) is 31.3 Å². The number of aliphatic hydroxyl groups excluding tert-OH is 1. The lowest BCUT2D eigenvalue weighted by molar-refractivity contribution is 0.122. The van der Waals surface area contributed by atoms with Crippen molar-refractivity contribution in [2.45, 2.75) is 6.54 Å². The van der Waals surface area contributed by atoms with Crippen molar-refractivity contribution in [1.29, 1.82) is 0 Å². The molecule has 0 bridgehead atoms. The summed E-state index contributed by atoms with van der Waals surface area (Å²) in [5.74, 6) is 1.47. The Hall–Kier alpha value is -3.47. The smallest absolute Gasteiger partial charge is 0.162 e. The van der Waals surface area contributed by atoms with Gasteiger partial charge in [-0.15, -0.1) is 5.53 Å². The number of pyridine rings is 1. The Labute approximate surface area is 178 Å². The lowest BCUT2D eigenvalue weighted by Gasteiger charge is -2.28. The molecule has 5 rings (SSSR count). The van der Waals surface area contributed by atoms with Crippen LogP contribution in [0.2, 0.25) is 0 Å². The Balaban J connectivity index is 1.56. The highest BCUT2D eigenvalue weighted by atomic mass is 16.5. The predicted molar refractivity (Wildman–Crippen MR) is 114 cm³/mol. The molecular formula is C21H23N7O3. The molecule has 10 nitrogen and oxygen atoms in total. The lowest BCUT2D eigenvalue weighted by Crippen LogP contribution is -2.37. The van der Waals surface area contributed by atoms with Gasteiger partial charge in [0.25, 0.3) is 0 Å². The van der Waals surface area contributed by atoms with Gasteiger partial charge < -0.3 is 25.3 Å². The van der Waals surface area contributed by atoms with E-state index in [1.165, 1.54) is 0 Å². The SMILES string of the molecule is OCC1=CN(Cc2cnc3c(N4CCOCC4)nc(-c4cccc(O)c4)nc3c2)NN1. The number of anilines is 1. The van der Waals surface area contributed by atoms with Crippen LogP contribution in [-0.4, -0.2) is 63.1 Å². The normalized spacial score (nSPS) is 16.5. The topological polar surface area (TPSA) is 119 Å². The van der Waals surface area contributed by atoms with Crippen molar-refractivity contribution < 1.29 is 14.9 Å². The van der Waals surface area contributed by atoms with Gasteiger partial charge in [0.05, 0.1) is 37.6 Å². The van der Waals surface area contributed by atoms with Crippen molar-refractivity contribution in [1.82, 2.24) is 30.9 Å². The van der Waals surface area contributed by atoms with Crippen LogP contribution in [0.5, 0.6) is 5.75 Å². The van der Waals surface area contributed by atoms with Crippen LogP contribution in [0.4, 0.5) is 5.82 Å². The zero-order valence-electron chi connectivity index (χ0n) is 16.8. The molecule has 0 spiro atoms. The average Bonchev–Trinajstić information content (AvgIpc) is 3.26. The molecule has 1 saturated heterocycles. The molecule has 0 radical (unpaired) electrons. The molecule has 1 fully saturated rings. The largest absolute Gasteiger partial charge is 0.508 e. The summed E-state index contributed by atoms with van der Waals surface area (Å²) in [5.41, 5.74) is 9.72. The molecule has 2 aliphatic rings. The maximum absolute atomic E-state index is 9.91. The van der Waals surface area contributed by atoms with Crippen LogP contribution in [0.1, 0.15) is 5.56 Å². The van der Waals surface area contributed by atoms with Gasteiger partial charge in [0.1, 0.15) is 11.3 Å². The number of aromatic hydroxyl groups is 1. The number of hydrogen-bond acceptors (Lipinski definition) is 10. The Morgan fingerprint density at radius 3 is 2.77 bits per heavy atom. The highest BCUT2D eigenvalue weighted by molar-refractivity contribution is 5.88. The highest BCUT2D eigenvalue weighted by Crippen LogP contribution is 2.29. The fraction of sp³-hybridized carbons (Fsp3) is 0.286. The maximum Gasteiger partial charge on any atom is 0.162 e. The molecule has 0 unspecified atom stereocenters. The van der Waals surface area contributed by atoms with E-state index in [2.05, 4.69) is 20.8 Å². The van der Waals surface area contributed by atoms with Crippen molar-refractivity contribution in [3.05, 3.63) is 54.0 Å². The number of morpholine rings is 1. The number of phenols is 1. The van der Waals surface area contributed by atoms with Gasteiger partial charge in [-0.05, 0) is 23.8 Å². The van der Waals surface area contributed by atoms with Crippen LogP contribution in [0, 0.1) is 0 Å². The molecule has 0 saturated carbocycles. The summed E-state index contributed by atoms with van der Waals surface area (Å²) in [6.07, 6.45) is 3.62. The zero-order valence-corrected chi connectivity index (χ0v) is 16.8. The van der Waals surface area contributed by atoms with E-state index in [1.807, 2.05) is 29.5 Å². The minimum Gasteiger partial charge on any atom is -0.508 e. The second-order valence-corrected chi connectivity index (χ2v) is 7.41. The third-order valence-corrected chi connectivity index (χ3v) is 5.18. The summed E-state index contributed by atoms with van der Waals surface area (Å²) in [6, 6.07) is 8.92. The maximum atomic E-state index is 9.91. The number of hydrazine groups is 2. The first kappa shape index (κ1) is 19.5. The number of fused-ring (bicyclic) bond motifs is 1. The fourth-order valence-electron chi connectivity index (χ4n) is 3.66. The second-order valence-electron chi connectivity index (χ2n) is 7.41. The molecule has 2 aliphatic heterocycles. The van der Waals surface area contributed by atoms with E-state index in [-0.39, 0.29) is 12.4 Å². The van der Waals surface area contributed by atoms with E-state index < -0.39 is 0 Å². The molecule has 4 heterocycles. The monoisotopic (exact) mass is 421 g/mol. The van der Waals surface area contributed by atoms with Crippen molar-refractivity contribution in [3.8, 4) is 17.1 Å². The number of ether oxygens (including phenoxy) is 1. The summed E-state index contributed by atoms with van der Waals surface area (Å²) in [5, 5.41) is 21.0. The first-order chi connectivity index (χ1) is 15.2. The number of nitrogens with zero attached hydrogens (tertiary/aromatic N) is 5. The number of aromatic nitrogens is 3. The van der Waals surface area contributed by atoms with Crippen LogP contribution < -0.4 is 15.9 Å². The first-order valence-electron chi connectivity index (χ1n) is 10.1.